The molecule has 23 heavy (non-hydrogen) atoms. The summed E-state index contributed by atoms with van der Waals surface area (Å²) < 4.78 is 39.5. The van der Waals surface area contributed by atoms with Gasteiger partial charge in [-0.1, -0.05) is 0 Å². The summed E-state index contributed by atoms with van der Waals surface area (Å²) >= 11 is 0. The zero-order valence-corrected chi connectivity index (χ0v) is 12.5. The molecule has 0 unspecified atom stereocenters. The van der Waals surface area contributed by atoms with Crippen LogP contribution in [0.25, 0.3) is 0 Å². The van der Waals surface area contributed by atoms with Crippen molar-refractivity contribution in [3.05, 3.63) is 65.0 Å². The molecular formula is C16H14F3N3O. The lowest BCUT2D eigenvalue weighted by molar-refractivity contribution is 0.0869. The van der Waals surface area contributed by atoms with E-state index < -0.39 is 23.4 Å². The zero-order valence-electron chi connectivity index (χ0n) is 12.5. The second kappa shape index (κ2) is 6.51. The SMILES string of the molecule is Cc1cc(C(=O)N(C)/C(N)=N\c2cc(F)cc(F)c2)ccc1F. The number of nitrogens with zero attached hydrogens (tertiary/aromatic N) is 2. The predicted molar refractivity (Wildman–Crippen MR) is 80.9 cm³/mol. The van der Waals surface area contributed by atoms with Crippen molar-refractivity contribution in [3.8, 4) is 0 Å². The topological polar surface area (TPSA) is 58.7 Å². The van der Waals surface area contributed by atoms with Crippen LogP contribution >= 0.6 is 0 Å². The van der Waals surface area contributed by atoms with E-state index in [-0.39, 0.29) is 17.2 Å². The van der Waals surface area contributed by atoms with Gasteiger partial charge >= 0.3 is 0 Å². The lowest BCUT2D eigenvalue weighted by atomic mass is 10.1. The van der Waals surface area contributed by atoms with E-state index in [4.69, 9.17) is 5.73 Å². The molecule has 2 N–H and O–H groups in total. The quantitative estimate of drug-likeness (QED) is 0.682. The van der Waals surface area contributed by atoms with Gasteiger partial charge in [-0.2, -0.15) is 0 Å². The Balaban J connectivity index is 2.27. The van der Waals surface area contributed by atoms with E-state index in [1.54, 1.807) is 0 Å². The molecular weight excluding hydrogens is 307 g/mol. The molecule has 2 rings (SSSR count). The molecule has 0 aliphatic rings. The summed E-state index contributed by atoms with van der Waals surface area (Å²) in [4.78, 5) is 17.1. The molecule has 120 valence electrons. The fourth-order valence-electron chi connectivity index (χ4n) is 1.89. The van der Waals surface area contributed by atoms with Crippen LogP contribution in [0.15, 0.2) is 41.4 Å². The Hall–Kier alpha value is -2.83. The Morgan fingerprint density at radius 2 is 1.70 bits per heavy atom. The minimum absolute atomic E-state index is 0.0602. The number of guanidine groups is 1. The number of amides is 1. The lowest BCUT2D eigenvalue weighted by Gasteiger charge is -2.16. The Kier molecular flexibility index (Phi) is 4.68. The summed E-state index contributed by atoms with van der Waals surface area (Å²) in [5.41, 5.74) is 6.16. The van der Waals surface area contributed by atoms with Crippen LogP contribution in [0, 0.1) is 24.4 Å². The van der Waals surface area contributed by atoms with Crippen LogP contribution in [0.4, 0.5) is 18.9 Å². The third kappa shape index (κ3) is 3.88. The summed E-state index contributed by atoms with van der Waals surface area (Å²) in [5, 5.41) is 0. The molecule has 0 bridgehead atoms. The first kappa shape index (κ1) is 16.5. The minimum atomic E-state index is -0.806. The Labute approximate surface area is 131 Å². The lowest BCUT2D eigenvalue weighted by Crippen LogP contribution is -2.38. The maximum Gasteiger partial charge on any atom is 0.260 e. The Morgan fingerprint density at radius 1 is 1.09 bits per heavy atom. The van der Waals surface area contributed by atoms with Crippen molar-refractivity contribution in [1.82, 2.24) is 4.90 Å². The number of nitrogens with two attached hydrogens (primary N) is 1. The molecule has 0 fully saturated rings. The van der Waals surface area contributed by atoms with E-state index in [0.717, 1.165) is 17.0 Å². The van der Waals surface area contributed by atoms with E-state index in [1.165, 1.54) is 32.2 Å². The number of aryl methyl sites for hydroxylation is 1. The maximum absolute atomic E-state index is 13.2. The molecule has 0 atom stereocenters. The van der Waals surface area contributed by atoms with Crippen LogP contribution in [0.2, 0.25) is 0 Å². The summed E-state index contributed by atoms with van der Waals surface area (Å²) in [6, 6.07) is 6.53. The standard InChI is InChI=1S/C16H14F3N3O/c1-9-5-10(3-4-14(9)19)15(23)22(2)16(20)21-13-7-11(17)6-12(18)8-13/h3-8H,1-2H3,(H2,20,21). The molecule has 0 aliphatic heterocycles. The van der Waals surface area contributed by atoms with Gasteiger partial charge in [0.15, 0.2) is 0 Å². The molecule has 0 heterocycles. The predicted octanol–water partition coefficient (Wildman–Crippen LogP) is 3.13. The van der Waals surface area contributed by atoms with Crippen molar-refractivity contribution in [2.24, 2.45) is 10.7 Å². The number of carbonyl (C=O) groups excluding carboxylic acids is 1. The second-order valence-corrected chi connectivity index (χ2v) is 4.93. The van der Waals surface area contributed by atoms with E-state index in [2.05, 4.69) is 4.99 Å². The van der Waals surface area contributed by atoms with Gasteiger partial charge in [0.25, 0.3) is 5.91 Å². The highest BCUT2D eigenvalue weighted by Crippen LogP contribution is 2.17. The summed E-state index contributed by atoms with van der Waals surface area (Å²) in [7, 11) is 1.36. The summed E-state index contributed by atoms with van der Waals surface area (Å²) in [6.45, 7) is 1.53. The number of carbonyl (C=O) groups is 1. The van der Waals surface area contributed by atoms with Gasteiger partial charge in [0.05, 0.1) is 5.69 Å². The highest BCUT2D eigenvalue weighted by atomic mass is 19.1. The smallest absolute Gasteiger partial charge is 0.260 e. The number of aliphatic imine (C=N–C) groups is 1. The number of rotatable bonds is 2. The molecule has 0 spiro atoms. The normalized spacial score (nSPS) is 11.4. The number of benzene rings is 2. The molecule has 7 heteroatoms. The van der Waals surface area contributed by atoms with Gasteiger partial charge in [-0.3, -0.25) is 9.69 Å². The number of halogens is 3. The molecule has 0 radical (unpaired) electrons. The molecule has 2 aromatic carbocycles. The second-order valence-electron chi connectivity index (χ2n) is 4.93. The van der Waals surface area contributed by atoms with Crippen molar-refractivity contribution in [2.45, 2.75) is 6.92 Å². The monoisotopic (exact) mass is 321 g/mol. The third-order valence-electron chi connectivity index (χ3n) is 3.14. The molecule has 0 saturated carbocycles. The first-order valence-corrected chi connectivity index (χ1v) is 6.62. The van der Waals surface area contributed by atoms with E-state index in [1.807, 2.05) is 0 Å². The average Bonchev–Trinajstić information content (AvgIpc) is 2.47. The molecule has 4 nitrogen and oxygen atoms in total. The molecule has 0 aliphatic carbocycles. The molecule has 2 aromatic rings. The first-order chi connectivity index (χ1) is 10.8. The summed E-state index contributed by atoms with van der Waals surface area (Å²) in [5.74, 6) is -2.81. The first-order valence-electron chi connectivity index (χ1n) is 6.62. The van der Waals surface area contributed by atoms with Crippen LogP contribution in [0.1, 0.15) is 15.9 Å². The highest BCUT2D eigenvalue weighted by molar-refractivity contribution is 6.05. The van der Waals surface area contributed by atoms with Gasteiger partial charge in [-0.05, 0) is 42.8 Å². The van der Waals surface area contributed by atoms with Crippen LogP contribution in [0.5, 0.6) is 0 Å². The fourth-order valence-corrected chi connectivity index (χ4v) is 1.89. The van der Waals surface area contributed by atoms with Crippen LogP contribution < -0.4 is 5.73 Å². The molecule has 1 amide bonds. The van der Waals surface area contributed by atoms with Gasteiger partial charge in [0, 0.05) is 18.7 Å². The average molecular weight is 321 g/mol. The van der Waals surface area contributed by atoms with Crippen LogP contribution in [-0.4, -0.2) is 23.8 Å². The largest absolute Gasteiger partial charge is 0.369 e. The van der Waals surface area contributed by atoms with E-state index in [9.17, 15) is 18.0 Å². The van der Waals surface area contributed by atoms with Crippen LogP contribution in [0.3, 0.4) is 0 Å². The fraction of sp³-hybridized carbons (Fsp3) is 0.125. The Bertz CT molecular complexity index is 770. The van der Waals surface area contributed by atoms with E-state index in [0.29, 0.717) is 11.6 Å². The van der Waals surface area contributed by atoms with Gasteiger partial charge in [0.2, 0.25) is 5.96 Å². The van der Waals surface area contributed by atoms with Crippen molar-refractivity contribution in [2.75, 3.05) is 7.05 Å². The van der Waals surface area contributed by atoms with Crippen molar-refractivity contribution >= 4 is 17.6 Å². The van der Waals surface area contributed by atoms with Gasteiger partial charge in [0.1, 0.15) is 17.5 Å². The van der Waals surface area contributed by atoms with Crippen LogP contribution in [-0.2, 0) is 0 Å². The summed E-state index contributed by atoms with van der Waals surface area (Å²) in [6.07, 6.45) is 0. The van der Waals surface area contributed by atoms with Gasteiger partial charge < -0.3 is 5.73 Å². The maximum atomic E-state index is 13.2. The molecule has 0 saturated heterocycles. The highest BCUT2D eigenvalue weighted by Gasteiger charge is 2.16. The molecule has 0 aromatic heterocycles. The van der Waals surface area contributed by atoms with Gasteiger partial charge in [-0.15, -0.1) is 0 Å². The van der Waals surface area contributed by atoms with Crippen molar-refractivity contribution < 1.29 is 18.0 Å². The Morgan fingerprint density at radius 3 is 2.26 bits per heavy atom. The van der Waals surface area contributed by atoms with Crippen molar-refractivity contribution in [3.63, 3.8) is 0 Å². The number of hydrogen-bond donors (Lipinski definition) is 1. The number of hydrogen-bond acceptors (Lipinski definition) is 2. The van der Waals surface area contributed by atoms with E-state index >= 15 is 0 Å². The zero-order chi connectivity index (χ0) is 17.1. The van der Waals surface area contributed by atoms with Gasteiger partial charge in [-0.25, -0.2) is 18.2 Å². The third-order valence-corrected chi connectivity index (χ3v) is 3.14. The van der Waals surface area contributed by atoms with Crippen molar-refractivity contribution in [1.29, 1.82) is 0 Å². The minimum Gasteiger partial charge on any atom is -0.369 e.